The molecule has 0 spiro atoms. The minimum atomic E-state index is -1.30. The Morgan fingerprint density at radius 3 is 1.70 bits per heavy atom. The number of carbonyl (C=O) groups is 5. The first kappa shape index (κ1) is 25.3. The van der Waals surface area contributed by atoms with E-state index in [1.165, 1.54) is 18.7 Å². The van der Waals surface area contributed by atoms with E-state index in [1.54, 1.807) is 0 Å². The molecule has 0 aromatic rings. The second kappa shape index (κ2) is 11.5. The van der Waals surface area contributed by atoms with Gasteiger partial charge in [-0.25, -0.2) is 0 Å². The number of hydrogen-bond acceptors (Lipinski definition) is 10. The lowest BCUT2D eigenvalue weighted by atomic mass is 9.96. The summed E-state index contributed by atoms with van der Waals surface area (Å²) in [4.78, 5) is 60.1. The Labute approximate surface area is 174 Å². The predicted octanol–water partition coefficient (Wildman–Crippen LogP) is 0.328. The molecule has 1 amide bonds. The number of esters is 4. The van der Waals surface area contributed by atoms with Crippen LogP contribution in [0, 0.1) is 0 Å². The summed E-state index contributed by atoms with van der Waals surface area (Å²) in [7, 11) is 0. The maximum absolute atomic E-state index is 12.3. The van der Waals surface area contributed by atoms with E-state index in [1.807, 2.05) is 6.92 Å². The van der Waals surface area contributed by atoms with Gasteiger partial charge >= 0.3 is 23.9 Å². The molecule has 1 saturated heterocycles. The summed E-state index contributed by atoms with van der Waals surface area (Å²) in [6.45, 7) is 7.66. The van der Waals surface area contributed by atoms with E-state index in [9.17, 15) is 24.0 Å². The first-order valence-corrected chi connectivity index (χ1v) is 9.55. The molecule has 0 bridgehead atoms. The van der Waals surface area contributed by atoms with Gasteiger partial charge in [0.05, 0.1) is 0 Å². The summed E-state index contributed by atoms with van der Waals surface area (Å²) < 4.78 is 26.9. The van der Waals surface area contributed by atoms with Gasteiger partial charge in [-0.05, 0) is 6.42 Å². The Morgan fingerprint density at radius 2 is 1.27 bits per heavy atom. The molecule has 5 atom stereocenters. The topological polar surface area (TPSA) is 135 Å². The van der Waals surface area contributed by atoms with Gasteiger partial charge in [-0.1, -0.05) is 6.92 Å². The van der Waals surface area contributed by atoms with E-state index in [4.69, 9.17) is 23.7 Å². The van der Waals surface area contributed by atoms with Crippen LogP contribution in [-0.4, -0.2) is 78.5 Å². The van der Waals surface area contributed by atoms with Crippen molar-refractivity contribution in [3.05, 3.63) is 0 Å². The summed E-state index contributed by atoms with van der Waals surface area (Å²) in [5.41, 5.74) is 0. The average molecular weight is 431 g/mol. The molecular weight excluding hydrogens is 402 g/mol. The Kier molecular flexibility index (Phi) is 9.70. The summed E-state index contributed by atoms with van der Waals surface area (Å²) >= 11 is 0. The van der Waals surface area contributed by atoms with E-state index in [2.05, 4.69) is 0 Å². The highest BCUT2D eigenvalue weighted by atomic mass is 16.7. The van der Waals surface area contributed by atoms with Crippen molar-refractivity contribution in [3.63, 3.8) is 0 Å². The van der Waals surface area contributed by atoms with Crippen molar-refractivity contribution in [1.29, 1.82) is 0 Å². The molecule has 1 rings (SSSR count). The highest BCUT2D eigenvalue weighted by Crippen LogP contribution is 2.31. The Morgan fingerprint density at radius 1 is 0.767 bits per heavy atom. The van der Waals surface area contributed by atoms with Crippen molar-refractivity contribution in [1.82, 2.24) is 4.90 Å². The predicted molar refractivity (Wildman–Crippen MR) is 99.6 cm³/mol. The van der Waals surface area contributed by atoms with Crippen LogP contribution in [0.3, 0.4) is 0 Å². The Hall–Kier alpha value is -2.69. The molecule has 1 aliphatic heterocycles. The van der Waals surface area contributed by atoms with Gasteiger partial charge in [0.1, 0.15) is 12.7 Å². The minimum Gasteiger partial charge on any atom is -0.463 e. The Bertz CT molecular complexity index is 664. The number of hydrogen-bond donors (Lipinski definition) is 0. The van der Waals surface area contributed by atoms with E-state index in [-0.39, 0.29) is 19.1 Å². The van der Waals surface area contributed by atoms with Gasteiger partial charge in [-0.2, -0.15) is 0 Å². The number of ether oxygens (including phenoxy) is 5. The lowest BCUT2D eigenvalue weighted by Crippen LogP contribution is -2.66. The van der Waals surface area contributed by atoms with Gasteiger partial charge in [0.15, 0.2) is 24.5 Å². The minimum absolute atomic E-state index is 0.253. The summed E-state index contributed by atoms with van der Waals surface area (Å²) in [5, 5.41) is 0. The maximum Gasteiger partial charge on any atom is 0.303 e. The van der Waals surface area contributed by atoms with Crippen LogP contribution in [-0.2, 0) is 47.7 Å². The van der Waals surface area contributed by atoms with Crippen LogP contribution >= 0.6 is 0 Å². The van der Waals surface area contributed by atoms with E-state index < -0.39 is 54.5 Å². The van der Waals surface area contributed by atoms with Crippen LogP contribution in [0.15, 0.2) is 0 Å². The van der Waals surface area contributed by atoms with Crippen LogP contribution in [0.1, 0.15) is 48.0 Å². The number of nitrogens with zero attached hydrogens (tertiary/aromatic N) is 1. The van der Waals surface area contributed by atoms with E-state index in [0.717, 1.165) is 20.8 Å². The van der Waals surface area contributed by atoms with Crippen LogP contribution < -0.4 is 0 Å². The fourth-order valence-corrected chi connectivity index (χ4v) is 3.16. The second-order valence-corrected chi connectivity index (χ2v) is 6.80. The third-order valence-electron chi connectivity index (χ3n) is 4.14. The molecule has 0 unspecified atom stereocenters. The monoisotopic (exact) mass is 431 g/mol. The fourth-order valence-electron chi connectivity index (χ4n) is 3.16. The molecule has 0 radical (unpaired) electrons. The highest BCUT2D eigenvalue weighted by Gasteiger charge is 2.54. The molecule has 170 valence electrons. The van der Waals surface area contributed by atoms with E-state index >= 15 is 0 Å². The molecule has 11 nitrogen and oxygen atoms in total. The van der Waals surface area contributed by atoms with Gasteiger partial charge in [0, 0.05) is 41.2 Å². The second-order valence-electron chi connectivity index (χ2n) is 6.80. The van der Waals surface area contributed by atoms with Gasteiger partial charge in [0.25, 0.3) is 0 Å². The van der Waals surface area contributed by atoms with Gasteiger partial charge in [0.2, 0.25) is 5.91 Å². The number of carbonyl (C=O) groups excluding carboxylic acids is 5. The van der Waals surface area contributed by atoms with Crippen LogP contribution in [0.4, 0.5) is 0 Å². The molecule has 0 N–H and O–H groups in total. The zero-order valence-electron chi connectivity index (χ0n) is 18.0. The van der Waals surface area contributed by atoms with Crippen molar-refractivity contribution in [2.45, 2.75) is 78.6 Å². The molecule has 1 fully saturated rings. The zero-order chi connectivity index (χ0) is 23.0. The van der Waals surface area contributed by atoms with Gasteiger partial charge in [-0.15, -0.1) is 0 Å². The highest BCUT2D eigenvalue weighted by molar-refractivity contribution is 5.74. The van der Waals surface area contributed by atoms with Gasteiger partial charge in [-0.3, -0.25) is 24.0 Å². The summed E-state index contributed by atoms with van der Waals surface area (Å²) in [6.07, 6.45) is -5.51. The first-order valence-electron chi connectivity index (χ1n) is 9.55. The fraction of sp³-hybridized carbons (Fsp3) is 0.737. The first-order chi connectivity index (χ1) is 14.0. The number of rotatable bonds is 8. The molecule has 0 aliphatic carbocycles. The van der Waals surface area contributed by atoms with Crippen LogP contribution in [0.2, 0.25) is 0 Å². The molecule has 1 heterocycles. The normalized spacial score (nSPS) is 25.6. The molecule has 11 heteroatoms. The third kappa shape index (κ3) is 7.29. The molecular formula is C19H29NO10. The zero-order valence-corrected chi connectivity index (χ0v) is 18.0. The smallest absolute Gasteiger partial charge is 0.303 e. The van der Waals surface area contributed by atoms with Crippen molar-refractivity contribution < 1.29 is 47.7 Å². The summed E-state index contributed by atoms with van der Waals surface area (Å²) in [6, 6.07) is 0. The van der Waals surface area contributed by atoms with Crippen molar-refractivity contribution >= 4 is 29.8 Å². The van der Waals surface area contributed by atoms with Gasteiger partial charge < -0.3 is 28.6 Å². The SMILES string of the molecule is CCCN(C(C)=O)[C@@H]1O[C@H](COC(C)=O)[C@@H](OC(C)=O)[C@H](OC(C)=O)[C@H]1OC(C)=O. The molecule has 0 aromatic carbocycles. The molecule has 30 heavy (non-hydrogen) atoms. The largest absolute Gasteiger partial charge is 0.463 e. The number of amides is 1. The average Bonchev–Trinajstić information content (AvgIpc) is 2.60. The molecule has 1 aliphatic rings. The van der Waals surface area contributed by atoms with Crippen LogP contribution in [0.5, 0.6) is 0 Å². The molecule has 0 saturated carbocycles. The van der Waals surface area contributed by atoms with Crippen molar-refractivity contribution in [2.75, 3.05) is 13.2 Å². The van der Waals surface area contributed by atoms with Crippen molar-refractivity contribution in [2.24, 2.45) is 0 Å². The van der Waals surface area contributed by atoms with Crippen molar-refractivity contribution in [3.8, 4) is 0 Å². The maximum atomic E-state index is 12.3. The quantitative estimate of drug-likeness (QED) is 0.391. The van der Waals surface area contributed by atoms with Crippen LogP contribution in [0.25, 0.3) is 0 Å². The van der Waals surface area contributed by atoms with E-state index in [0.29, 0.717) is 6.42 Å². The molecule has 0 aromatic heterocycles. The third-order valence-corrected chi connectivity index (χ3v) is 4.14. The standard InChI is InChI=1S/C19H29NO10/c1-7-8-20(10(2)21)19-18(29-14(6)25)17(28-13(5)24)16(27-12(4)23)15(30-19)9-26-11(3)22/h15-19H,7-9H2,1-6H3/t15-,16-,17+,18-,19-/m1/s1. The lowest BCUT2D eigenvalue weighted by Gasteiger charge is -2.47. The lowest BCUT2D eigenvalue weighted by molar-refractivity contribution is -0.275. The Balaban J connectivity index is 3.47. The summed E-state index contributed by atoms with van der Waals surface area (Å²) in [5.74, 6) is -3.15.